The molecule has 0 amide bonds. The minimum atomic E-state index is -3.34. The van der Waals surface area contributed by atoms with Crippen LogP contribution < -0.4 is 0 Å². The number of β-amino-alcohol motifs (C(OH)–C–C–N with tert-alkyl or cyclic N) is 1. The molecule has 0 saturated carbocycles. The zero-order chi connectivity index (χ0) is 13.9. The second kappa shape index (κ2) is 6.52. The van der Waals surface area contributed by atoms with Gasteiger partial charge in [-0.05, 0) is 26.4 Å². The SMILES string of the molecule is CC(CCl)CS(=O)(=O)N1CC(O)CC1CN(C)C. The van der Waals surface area contributed by atoms with Crippen LogP contribution in [0.5, 0.6) is 0 Å². The molecule has 3 atom stereocenters. The summed E-state index contributed by atoms with van der Waals surface area (Å²) in [6.45, 7) is 2.65. The Morgan fingerprint density at radius 1 is 1.50 bits per heavy atom. The Bertz CT molecular complexity index is 361. The number of hydrogen-bond acceptors (Lipinski definition) is 4. The third kappa shape index (κ3) is 4.35. The van der Waals surface area contributed by atoms with E-state index in [2.05, 4.69) is 0 Å². The number of likely N-dealkylation sites (N-methyl/N-ethyl adjacent to an activating group) is 1. The molecule has 1 heterocycles. The molecule has 1 aliphatic heterocycles. The van der Waals surface area contributed by atoms with Gasteiger partial charge in [0.2, 0.25) is 10.0 Å². The highest BCUT2D eigenvalue weighted by atomic mass is 35.5. The van der Waals surface area contributed by atoms with Gasteiger partial charge in [-0.15, -0.1) is 11.6 Å². The number of aliphatic hydroxyl groups is 1. The van der Waals surface area contributed by atoms with Gasteiger partial charge in [-0.3, -0.25) is 0 Å². The number of alkyl halides is 1. The van der Waals surface area contributed by atoms with Gasteiger partial charge in [-0.2, -0.15) is 4.31 Å². The maximum atomic E-state index is 12.3. The van der Waals surface area contributed by atoms with Crippen molar-refractivity contribution in [1.82, 2.24) is 9.21 Å². The van der Waals surface area contributed by atoms with Crippen molar-refractivity contribution in [3.63, 3.8) is 0 Å². The first kappa shape index (κ1) is 16.2. The van der Waals surface area contributed by atoms with Crippen molar-refractivity contribution in [2.75, 3.05) is 38.8 Å². The van der Waals surface area contributed by atoms with E-state index in [9.17, 15) is 13.5 Å². The lowest BCUT2D eigenvalue weighted by molar-refractivity contribution is 0.188. The van der Waals surface area contributed by atoms with Crippen LogP contribution >= 0.6 is 11.6 Å². The normalized spacial score (nSPS) is 27.9. The van der Waals surface area contributed by atoms with E-state index < -0.39 is 16.1 Å². The molecular formula is C11H23ClN2O3S. The standard InChI is InChI=1S/C11H23ClN2O3S/c1-9(5-12)8-18(16,17)14-7-11(15)4-10(14)6-13(2)3/h9-11,15H,4-8H2,1-3H3. The highest BCUT2D eigenvalue weighted by Gasteiger charge is 2.39. The first-order valence-electron chi connectivity index (χ1n) is 6.14. The Hall–Kier alpha value is 0.120. The van der Waals surface area contributed by atoms with Crippen molar-refractivity contribution in [1.29, 1.82) is 0 Å². The van der Waals surface area contributed by atoms with E-state index in [4.69, 9.17) is 11.6 Å². The fourth-order valence-electron chi connectivity index (χ4n) is 2.29. The molecule has 108 valence electrons. The highest BCUT2D eigenvalue weighted by molar-refractivity contribution is 7.89. The molecule has 1 rings (SSSR count). The van der Waals surface area contributed by atoms with E-state index in [1.54, 1.807) is 0 Å². The Kier molecular flexibility index (Phi) is 5.86. The van der Waals surface area contributed by atoms with Crippen LogP contribution in [0.2, 0.25) is 0 Å². The fraction of sp³-hybridized carbons (Fsp3) is 1.00. The van der Waals surface area contributed by atoms with E-state index in [0.29, 0.717) is 18.8 Å². The molecule has 7 heteroatoms. The second-order valence-electron chi connectivity index (χ2n) is 5.41. The van der Waals surface area contributed by atoms with Gasteiger partial charge in [0.05, 0.1) is 11.9 Å². The lowest BCUT2D eigenvalue weighted by Gasteiger charge is -2.27. The van der Waals surface area contributed by atoms with E-state index in [1.807, 2.05) is 25.9 Å². The predicted octanol–water partition coefficient (Wildman–Crippen LogP) is 0.188. The van der Waals surface area contributed by atoms with Gasteiger partial charge >= 0.3 is 0 Å². The summed E-state index contributed by atoms with van der Waals surface area (Å²) in [6, 6.07) is -0.137. The van der Waals surface area contributed by atoms with E-state index in [0.717, 1.165) is 0 Å². The van der Waals surface area contributed by atoms with Crippen molar-refractivity contribution >= 4 is 21.6 Å². The molecule has 0 radical (unpaired) electrons. The van der Waals surface area contributed by atoms with E-state index >= 15 is 0 Å². The van der Waals surface area contributed by atoms with Gasteiger partial charge in [0, 0.05) is 25.0 Å². The molecule has 1 saturated heterocycles. The molecule has 1 aliphatic rings. The Morgan fingerprint density at radius 3 is 2.61 bits per heavy atom. The summed E-state index contributed by atoms with van der Waals surface area (Å²) in [4.78, 5) is 1.94. The van der Waals surface area contributed by atoms with Crippen molar-refractivity contribution in [2.45, 2.75) is 25.5 Å². The zero-order valence-corrected chi connectivity index (χ0v) is 12.8. The van der Waals surface area contributed by atoms with Crippen LogP contribution in [0.15, 0.2) is 0 Å². The minimum absolute atomic E-state index is 0.0488. The number of sulfonamides is 1. The molecule has 0 bridgehead atoms. The molecule has 0 aromatic carbocycles. The number of aliphatic hydroxyl groups excluding tert-OH is 1. The van der Waals surface area contributed by atoms with Crippen LogP contribution in [0.25, 0.3) is 0 Å². The second-order valence-corrected chi connectivity index (χ2v) is 7.69. The molecule has 18 heavy (non-hydrogen) atoms. The Balaban J connectivity index is 2.78. The fourth-order valence-corrected chi connectivity index (χ4v) is 4.56. The van der Waals surface area contributed by atoms with E-state index in [1.165, 1.54) is 4.31 Å². The van der Waals surface area contributed by atoms with Crippen molar-refractivity contribution < 1.29 is 13.5 Å². The summed E-state index contributed by atoms with van der Waals surface area (Å²) >= 11 is 5.67. The van der Waals surface area contributed by atoms with Crippen LogP contribution in [0, 0.1) is 5.92 Å². The topological polar surface area (TPSA) is 60.9 Å². The maximum absolute atomic E-state index is 12.3. The summed E-state index contributed by atoms with van der Waals surface area (Å²) in [5, 5.41) is 9.69. The average Bonchev–Trinajstić information content (AvgIpc) is 2.58. The first-order chi connectivity index (χ1) is 8.26. The van der Waals surface area contributed by atoms with Crippen molar-refractivity contribution in [2.24, 2.45) is 5.92 Å². The predicted molar refractivity (Wildman–Crippen MR) is 73.3 cm³/mol. The summed E-state index contributed by atoms with van der Waals surface area (Å²) in [5.41, 5.74) is 0. The molecular weight excluding hydrogens is 276 g/mol. The summed E-state index contributed by atoms with van der Waals surface area (Å²) in [7, 11) is 0.463. The lowest BCUT2D eigenvalue weighted by Crippen LogP contribution is -2.43. The van der Waals surface area contributed by atoms with Crippen molar-refractivity contribution in [3.8, 4) is 0 Å². The van der Waals surface area contributed by atoms with Crippen LogP contribution in [0.1, 0.15) is 13.3 Å². The van der Waals surface area contributed by atoms with Gasteiger partial charge in [0.25, 0.3) is 0 Å². The van der Waals surface area contributed by atoms with Gasteiger partial charge in [0.15, 0.2) is 0 Å². The zero-order valence-electron chi connectivity index (χ0n) is 11.2. The third-order valence-corrected chi connectivity index (χ3v) is 5.71. The van der Waals surface area contributed by atoms with Crippen LogP contribution in [-0.2, 0) is 10.0 Å². The monoisotopic (exact) mass is 298 g/mol. The molecule has 1 N–H and O–H groups in total. The molecule has 5 nitrogen and oxygen atoms in total. The molecule has 1 fully saturated rings. The summed E-state index contributed by atoms with van der Waals surface area (Å²) < 4.78 is 26.0. The minimum Gasteiger partial charge on any atom is -0.392 e. The van der Waals surface area contributed by atoms with Crippen LogP contribution in [-0.4, -0.2) is 73.7 Å². The molecule has 0 spiro atoms. The summed E-state index contributed by atoms with van der Waals surface area (Å²) in [5.74, 6) is 0.301. The number of rotatable bonds is 6. The van der Waals surface area contributed by atoms with E-state index in [-0.39, 0.29) is 24.3 Å². The molecule has 0 aromatic rings. The van der Waals surface area contributed by atoms with Gasteiger partial charge in [0.1, 0.15) is 0 Å². The van der Waals surface area contributed by atoms with Crippen molar-refractivity contribution in [3.05, 3.63) is 0 Å². The number of nitrogens with zero attached hydrogens (tertiary/aromatic N) is 2. The number of halogens is 1. The average molecular weight is 299 g/mol. The highest BCUT2D eigenvalue weighted by Crippen LogP contribution is 2.23. The molecule has 0 aromatic heterocycles. The lowest BCUT2D eigenvalue weighted by atomic mass is 10.2. The smallest absolute Gasteiger partial charge is 0.214 e. The Labute approximate surface area is 115 Å². The summed E-state index contributed by atoms with van der Waals surface area (Å²) in [6.07, 6.45) is -0.0526. The number of hydrogen-bond donors (Lipinski definition) is 1. The maximum Gasteiger partial charge on any atom is 0.214 e. The molecule has 0 aliphatic carbocycles. The van der Waals surface area contributed by atoms with Gasteiger partial charge < -0.3 is 10.0 Å². The van der Waals surface area contributed by atoms with Gasteiger partial charge in [-0.1, -0.05) is 6.92 Å². The van der Waals surface area contributed by atoms with Crippen LogP contribution in [0.4, 0.5) is 0 Å². The Morgan fingerprint density at radius 2 is 2.11 bits per heavy atom. The quantitative estimate of drug-likeness (QED) is 0.711. The third-order valence-electron chi connectivity index (χ3n) is 3.03. The van der Waals surface area contributed by atoms with Gasteiger partial charge in [-0.25, -0.2) is 8.42 Å². The van der Waals surface area contributed by atoms with Crippen LogP contribution in [0.3, 0.4) is 0 Å². The largest absolute Gasteiger partial charge is 0.392 e. The molecule has 3 unspecified atom stereocenters. The first-order valence-corrected chi connectivity index (χ1v) is 8.29.